The molecule has 3 amide bonds. The Morgan fingerprint density at radius 1 is 0.909 bits per heavy atom. The molecule has 3 N–H and O–H groups in total. The van der Waals surface area contributed by atoms with Gasteiger partial charge in [0.1, 0.15) is 37.0 Å². The minimum absolute atomic E-state index is 0.109. The van der Waals surface area contributed by atoms with Crippen LogP contribution >= 0.6 is 7.14 Å². The van der Waals surface area contributed by atoms with E-state index in [4.69, 9.17) is 14.5 Å². The summed E-state index contributed by atoms with van der Waals surface area (Å²) < 4.78 is 27.2. The maximum atomic E-state index is 13.3. The zero-order valence-corrected chi connectivity index (χ0v) is 39.2. The van der Waals surface area contributed by atoms with E-state index in [1.54, 1.807) is 42.4 Å². The predicted molar refractivity (Wildman–Crippen MR) is 255 cm³/mol. The van der Waals surface area contributed by atoms with Crippen molar-refractivity contribution in [3.63, 3.8) is 0 Å². The first-order valence-electron chi connectivity index (χ1n) is 23.1. The Bertz CT molecular complexity index is 2580. The molecule has 3 fully saturated rings. The second-order valence-electron chi connectivity index (χ2n) is 17.9. The van der Waals surface area contributed by atoms with Crippen molar-refractivity contribution in [1.82, 2.24) is 39.8 Å². The lowest BCUT2D eigenvalue weighted by atomic mass is 9.98. The SMILES string of the molecule is CCc1cc(Nc2ncc(-n3cccn3)c(Nc3ccccc3P(C)(C)=O)n2)c(OC)cc1N1CCC(N2CCN(CCOC3=CCCC4=C3CN(C3CCC(=O)NC3=O)C4=O)CC2)CC1. The molecule has 3 saturated heterocycles. The second-order valence-corrected chi connectivity index (χ2v) is 21.1. The molecule has 2 aromatic carbocycles. The Balaban J connectivity index is 0.784. The van der Waals surface area contributed by atoms with Crippen molar-refractivity contribution < 1.29 is 28.4 Å². The predicted octanol–water partition coefficient (Wildman–Crippen LogP) is 5.19. The van der Waals surface area contributed by atoms with Crippen molar-refractivity contribution in [2.75, 3.05) is 94.9 Å². The van der Waals surface area contributed by atoms with Gasteiger partial charge >= 0.3 is 0 Å². The summed E-state index contributed by atoms with van der Waals surface area (Å²) in [5, 5.41) is 14.4. The fraction of sp³-hybridized carbons (Fsp3) is 0.458. The molecule has 348 valence electrons. The summed E-state index contributed by atoms with van der Waals surface area (Å²) in [5.74, 6) is 1.57. The Hall–Kier alpha value is -6.03. The van der Waals surface area contributed by atoms with Gasteiger partial charge in [-0.25, -0.2) is 9.67 Å². The summed E-state index contributed by atoms with van der Waals surface area (Å²) in [6.07, 6.45) is 12.3. The fourth-order valence-corrected chi connectivity index (χ4v) is 11.1. The molecular formula is C48H60N11O6P. The number of para-hydroxylation sites is 1. The number of piperidine rings is 2. The average molecular weight is 918 g/mol. The van der Waals surface area contributed by atoms with Gasteiger partial charge in [0.2, 0.25) is 17.8 Å². The molecule has 4 aromatic rings. The number of nitrogens with one attached hydrogen (secondary N) is 3. The van der Waals surface area contributed by atoms with Gasteiger partial charge in [-0.3, -0.25) is 29.5 Å². The van der Waals surface area contributed by atoms with Crippen LogP contribution in [0.3, 0.4) is 0 Å². The van der Waals surface area contributed by atoms with Crippen molar-refractivity contribution in [3.05, 3.63) is 89.6 Å². The van der Waals surface area contributed by atoms with Gasteiger partial charge in [-0.1, -0.05) is 19.1 Å². The van der Waals surface area contributed by atoms with Gasteiger partial charge in [0.15, 0.2) is 5.82 Å². The molecule has 18 heteroatoms. The first kappa shape index (κ1) is 45.1. The number of carbonyl (C=O) groups is 3. The van der Waals surface area contributed by atoms with Gasteiger partial charge < -0.3 is 34.5 Å². The minimum atomic E-state index is -2.60. The standard InChI is InChI=1S/C48H60N11O6P/c1-5-32-28-37(52-48-49-30-40(59-19-9-18-50-59)45(54-48)51-36-11-6-7-13-43(36)66(3,4)63)42(64-2)29-39(32)57-20-16-33(17-21-57)56-24-22-55(23-25-56)26-27-65-41-12-8-10-34-35(41)31-58(47(34)62)38-14-15-44(60)53-46(38)61/h6-7,9,11-13,18-19,28-30,33,38H,5,8,10,14-17,20-27,31H2,1-4H3,(H,53,60,61)(H2,49,51,52,54). The molecule has 1 atom stereocenters. The first-order valence-corrected chi connectivity index (χ1v) is 25.8. The minimum Gasteiger partial charge on any atom is -0.494 e. The highest BCUT2D eigenvalue weighted by molar-refractivity contribution is 7.70. The van der Waals surface area contributed by atoms with Crippen molar-refractivity contribution in [2.24, 2.45) is 0 Å². The number of ether oxygens (including phenoxy) is 2. The van der Waals surface area contributed by atoms with Gasteiger partial charge in [-0.2, -0.15) is 10.1 Å². The second kappa shape index (κ2) is 19.4. The molecule has 0 radical (unpaired) electrons. The lowest BCUT2D eigenvalue weighted by molar-refractivity contribution is -0.142. The number of aromatic nitrogens is 4. The summed E-state index contributed by atoms with van der Waals surface area (Å²) in [6, 6.07) is 13.6. The monoisotopic (exact) mass is 917 g/mol. The molecule has 0 spiro atoms. The Labute approximate surface area is 386 Å². The summed E-state index contributed by atoms with van der Waals surface area (Å²) >= 11 is 0. The lowest BCUT2D eigenvalue weighted by Crippen LogP contribution is -2.53. The quantitative estimate of drug-likeness (QED) is 0.105. The average Bonchev–Trinajstić information content (AvgIpc) is 3.98. The third-order valence-corrected chi connectivity index (χ3v) is 15.0. The van der Waals surface area contributed by atoms with Crippen LogP contribution in [0.25, 0.3) is 5.69 Å². The number of hydrogen-bond acceptors (Lipinski definition) is 14. The Morgan fingerprint density at radius 2 is 1.71 bits per heavy atom. The first-order chi connectivity index (χ1) is 32.0. The van der Waals surface area contributed by atoms with E-state index in [0.29, 0.717) is 60.9 Å². The maximum Gasteiger partial charge on any atom is 0.251 e. The number of methoxy groups -OCH3 is 1. The zero-order valence-electron chi connectivity index (χ0n) is 38.3. The van der Waals surface area contributed by atoms with Crippen LogP contribution < -0.4 is 30.9 Å². The fourth-order valence-electron chi connectivity index (χ4n) is 9.94. The number of imide groups is 1. The van der Waals surface area contributed by atoms with E-state index in [-0.39, 0.29) is 18.2 Å². The molecule has 5 aliphatic rings. The molecule has 1 unspecified atom stereocenters. The van der Waals surface area contributed by atoms with Crippen molar-refractivity contribution in [1.29, 1.82) is 0 Å². The number of piperazine rings is 1. The van der Waals surface area contributed by atoms with E-state index in [2.05, 4.69) is 65.9 Å². The van der Waals surface area contributed by atoms with E-state index < -0.39 is 19.1 Å². The zero-order chi connectivity index (χ0) is 46.0. The van der Waals surface area contributed by atoms with E-state index in [9.17, 15) is 18.9 Å². The normalized spacial score (nSPS) is 20.0. The van der Waals surface area contributed by atoms with Gasteiger partial charge in [0.05, 0.1) is 31.2 Å². The smallest absolute Gasteiger partial charge is 0.251 e. The highest BCUT2D eigenvalue weighted by atomic mass is 31.2. The number of aryl methyl sites for hydroxylation is 1. The highest BCUT2D eigenvalue weighted by Gasteiger charge is 2.42. The molecule has 66 heavy (non-hydrogen) atoms. The van der Waals surface area contributed by atoms with Gasteiger partial charge in [0.25, 0.3) is 5.91 Å². The Kier molecular flexibility index (Phi) is 13.3. The van der Waals surface area contributed by atoms with Crippen LogP contribution in [0.2, 0.25) is 0 Å². The summed E-state index contributed by atoms with van der Waals surface area (Å²) in [4.78, 5) is 56.4. The van der Waals surface area contributed by atoms with Crippen LogP contribution in [-0.2, 0) is 30.1 Å². The summed E-state index contributed by atoms with van der Waals surface area (Å²) in [7, 11) is -0.912. The molecule has 0 bridgehead atoms. The van der Waals surface area contributed by atoms with E-state index in [1.807, 2.05) is 36.5 Å². The largest absolute Gasteiger partial charge is 0.494 e. The summed E-state index contributed by atoms with van der Waals surface area (Å²) in [6.45, 7) is 13.3. The Morgan fingerprint density at radius 3 is 2.44 bits per heavy atom. The van der Waals surface area contributed by atoms with Crippen LogP contribution in [0.4, 0.5) is 28.8 Å². The van der Waals surface area contributed by atoms with Gasteiger partial charge in [-0.15, -0.1) is 0 Å². The van der Waals surface area contributed by atoms with E-state index >= 15 is 0 Å². The van der Waals surface area contributed by atoms with Gasteiger partial charge in [-0.05, 0) is 87.8 Å². The van der Waals surface area contributed by atoms with Crippen LogP contribution in [0.15, 0.2) is 84.0 Å². The van der Waals surface area contributed by atoms with Crippen LogP contribution in [-0.4, -0.2) is 144 Å². The van der Waals surface area contributed by atoms with Crippen molar-refractivity contribution in [2.45, 2.75) is 64.0 Å². The number of rotatable bonds is 15. The molecule has 0 saturated carbocycles. The molecule has 17 nitrogen and oxygen atoms in total. The number of amides is 3. The van der Waals surface area contributed by atoms with Gasteiger partial charge in [0, 0.05) is 98.9 Å². The molecule has 6 heterocycles. The summed E-state index contributed by atoms with van der Waals surface area (Å²) in [5.41, 5.74) is 6.14. The maximum absolute atomic E-state index is 13.3. The molecule has 2 aromatic heterocycles. The van der Waals surface area contributed by atoms with E-state index in [1.165, 1.54) is 11.3 Å². The molecule has 1 aliphatic carbocycles. The van der Waals surface area contributed by atoms with Crippen LogP contribution in [0.5, 0.6) is 5.75 Å². The third kappa shape index (κ3) is 9.60. The van der Waals surface area contributed by atoms with Crippen molar-refractivity contribution in [3.8, 4) is 11.4 Å². The third-order valence-electron chi connectivity index (χ3n) is 13.5. The van der Waals surface area contributed by atoms with Crippen LogP contribution in [0.1, 0.15) is 51.0 Å². The highest BCUT2D eigenvalue weighted by Crippen LogP contribution is 2.40. The van der Waals surface area contributed by atoms with E-state index in [0.717, 1.165) is 99.4 Å². The number of anilines is 5. The van der Waals surface area contributed by atoms with Crippen LogP contribution in [0, 0.1) is 0 Å². The molecule has 9 rings (SSSR count). The number of carbonyl (C=O) groups excluding carboxylic acids is 3. The molecule has 4 aliphatic heterocycles. The van der Waals surface area contributed by atoms with Crippen molar-refractivity contribution >= 4 is 59.0 Å². The number of nitrogens with zero attached hydrogens (tertiary/aromatic N) is 8. The lowest BCUT2D eigenvalue weighted by Gasteiger charge is -2.43. The number of allylic oxidation sites excluding steroid dienone is 1. The topological polar surface area (TPSA) is 179 Å². The number of benzene rings is 2. The number of hydrogen-bond donors (Lipinski definition) is 3. The molecular weight excluding hydrogens is 858 g/mol.